The van der Waals surface area contributed by atoms with E-state index in [9.17, 15) is 12.8 Å². The van der Waals surface area contributed by atoms with Gasteiger partial charge in [-0.05, 0) is 31.0 Å². The lowest BCUT2D eigenvalue weighted by Gasteiger charge is -2.17. The number of rotatable bonds is 6. The van der Waals surface area contributed by atoms with Crippen molar-refractivity contribution in [3.8, 4) is 11.5 Å². The van der Waals surface area contributed by atoms with E-state index in [0.29, 0.717) is 11.4 Å². The minimum absolute atomic E-state index is 0.00754. The quantitative estimate of drug-likeness (QED) is 0.757. The fourth-order valence-corrected chi connectivity index (χ4v) is 3.96. The van der Waals surface area contributed by atoms with E-state index in [2.05, 4.69) is 21.4 Å². The van der Waals surface area contributed by atoms with Gasteiger partial charge >= 0.3 is 0 Å². The number of hydrogen-bond acceptors (Lipinski definition) is 6. The molecule has 1 heterocycles. The SMILES string of the molecule is C=CCNS(=O)(=O)c1cc(-c2nc(C3(N)CCCC3)no2)ccc1F. The zero-order valence-corrected chi connectivity index (χ0v) is 14.4. The molecule has 0 atom stereocenters. The third kappa shape index (κ3) is 3.48. The number of sulfonamides is 1. The van der Waals surface area contributed by atoms with Crippen LogP contribution in [0.25, 0.3) is 11.5 Å². The van der Waals surface area contributed by atoms with Crippen LogP contribution in [0.2, 0.25) is 0 Å². The van der Waals surface area contributed by atoms with Crippen LogP contribution in [0.15, 0.2) is 40.3 Å². The summed E-state index contributed by atoms with van der Waals surface area (Å²) in [5, 5.41) is 3.93. The molecular weight excluding hydrogens is 347 g/mol. The van der Waals surface area contributed by atoms with Crippen LogP contribution in [-0.4, -0.2) is 25.1 Å². The van der Waals surface area contributed by atoms with Crippen LogP contribution in [0.1, 0.15) is 31.5 Å². The number of nitrogens with one attached hydrogen (secondary N) is 1. The number of halogens is 1. The van der Waals surface area contributed by atoms with Gasteiger partial charge in [0.15, 0.2) is 5.82 Å². The Hall–Kier alpha value is -2.10. The molecule has 9 heteroatoms. The van der Waals surface area contributed by atoms with Crippen molar-refractivity contribution >= 4 is 10.0 Å². The molecule has 1 saturated carbocycles. The monoisotopic (exact) mass is 366 g/mol. The van der Waals surface area contributed by atoms with Crippen molar-refractivity contribution in [2.24, 2.45) is 5.73 Å². The number of aromatic nitrogens is 2. The van der Waals surface area contributed by atoms with E-state index in [1.807, 2.05) is 0 Å². The van der Waals surface area contributed by atoms with Crippen LogP contribution < -0.4 is 10.5 Å². The van der Waals surface area contributed by atoms with Gasteiger partial charge in [0.05, 0.1) is 5.54 Å². The minimum atomic E-state index is -4.02. The molecule has 1 aliphatic rings. The number of nitrogens with two attached hydrogens (primary N) is 1. The fourth-order valence-electron chi connectivity index (χ4n) is 2.86. The van der Waals surface area contributed by atoms with E-state index >= 15 is 0 Å². The van der Waals surface area contributed by atoms with Crippen LogP contribution in [0, 0.1) is 5.82 Å². The molecule has 25 heavy (non-hydrogen) atoms. The molecule has 134 valence electrons. The molecule has 1 aromatic heterocycles. The van der Waals surface area contributed by atoms with Crippen molar-refractivity contribution in [3.05, 3.63) is 42.5 Å². The highest BCUT2D eigenvalue weighted by atomic mass is 32.2. The maximum atomic E-state index is 14.0. The van der Waals surface area contributed by atoms with Gasteiger partial charge in [0, 0.05) is 12.1 Å². The number of nitrogens with zero attached hydrogens (tertiary/aromatic N) is 2. The van der Waals surface area contributed by atoms with Gasteiger partial charge in [-0.15, -0.1) is 6.58 Å². The van der Waals surface area contributed by atoms with Crippen molar-refractivity contribution in [3.63, 3.8) is 0 Å². The highest BCUT2D eigenvalue weighted by Crippen LogP contribution is 2.35. The van der Waals surface area contributed by atoms with Crippen LogP contribution >= 0.6 is 0 Å². The predicted molar refractivity (Wildman–Crippen MR) is 89.4 cm³/mol. The molecule has 7 nitrogen and oxygen atoms in total. The fraction of sp³-hybridized carbons (Fsp3) is 0.375. The Morgan fingerprint density at radius 2 is 2.12 bits per heavy atom. The van der Waals surface area contributed by atoms with E-state index in [-0.39, 0.29) is 12.4 Å². The minimum Gasteiger partial charge on any atom is -0.334 e. The summed E-state index contributed by atoms with van der Waals surface area (Å²) in [4.78, 5) is 3.80. The maximum absolute atomic E-state index is 14.0. The zero-order valence-electron chi connectivity index (χ0n) is 13.5. The van der Waals surface area contributed by atoms with Crippen LogP contribution in [0.3, 0.4) is 0 Å². The molecule has 1 aliphatic carbocycles. The largest absolute Gasteiger partial charge is 0.334 e. The average molecular weight is 366 g/mol. The third-order valence-corrected chi connectivity index (χ3v) is 5.69. The van der Waals surface area contributed by atoms with Crippen LogP contribution in [-0.2, 0) is 15.6 Å². The molecule has 1 fully saturated rings. The first-order valence-corrected chi connectivity index (χ1v) is 9.38. The Morgan fingerprint density at radius 1 is 1.40 bits per heavy atom. The maximum Gasteiger partial charge on any atom is 0.258 e. The zero-order chi connectivity index (χ0) is 18.1. The Bertz CT molecular complexity index is 889. The second-order valence-corrected chi connectivity index (χ2v) is 7.81. The molecule has 0 saturated heterocycles. The van der Waals surface area contributed by atoms with Gasteiger partial charge < -0.3 is 10.3 Å². The van der Waals surface area contributed by atoms with Gasteiger partial charge in [-0.2, -0.15) is 4.98 Å². The van der Waals surface area contributed by atoms with Crippen molar-refractivity contribution in [2.75, 3.05) is 6.54 Å². The van der Waals surface area contributed by atoms with Crippen LogP contribution in [0.5, 0.6) is 0 Å². The van der Waals surface area contributed by atoms with E-state index in [4.69, 9.17) is 10.3 Å². The Balaban J connectivity index is 1.95. The Morgan fingerprint density at radius 3 is 2.80 bits per heavy atom. The van der Waals surface area contributed by atoms with Gasteiger partial charge in [0.25, 0.3) is 5.89 Å². The topological polar surface area (TPSA) is 111 Å². The summed E-state index contributed by atoms with van der Waals surface area (Å²) in [5.41, 5.74) is 5.97. The molecule has 0 aliphatic heterocycles. The lowest BCUT2D eigenvalue weighted by atomic mass is 9.99. The summed E-state index contributed by atoms with van der Waals surface area (Å²) in [6.07, 6.45) is 4.88. The molecule has 0 unspecified atom stereocenters. The first kappa shape index (κ1) is 17.7. The van der Waals surface area contributed by atoms with E-state index in [0.717, 1.165) is 37.8 Å². The molecule has 0 spiro atoms. The van der Waals surface area contributed by atoms with E-state index in [1.54, 1.807) is 0 Å². The summed E-state index contributed by atoms with van der Waals surface area (Å²) in [5.74, 6) is -0.378. The second-order valence-electron chi connectivity index (χ2n) is 6.07. The molecule has 1 aromatic carbocycles. The first-order valence-electron chi connectivity index (χ1n) is 7.89. The van der Waals surface area contributed by atoms with E-state index < -0.39 is 26.3 Å². The normalized spacial score (nSPS) is 16.9. The summed E-state index contributed by atoms with van der Waals surface area (Å²) in [7, 11) is -4.02. The summed E-state index contributed by atoms with van der Waals surface area (Å²) < 4.78 is 45.8. The van der Waals surface area contributed by atoms with Crippen molar-refractivity contribution < 1.29 is 17.3 Å². The lowest BCUT2D eigenvalue weighted by molar-refractivity contribution is 0.372. The molecule has 3 N–H and O–H groups in total. The average Bonchev–Trinajstić information content (AvgIpc) is 3.23. The smallest absolute Gasteiger partial charge is 0.258 e. The third-order valence-electron chi connectivity index (χ3n) is 4.25. The standard InChI is InChI=1S/C16H19FN4O3S/c1-2-9-19-25(22,23)13-10-11(5-6-12(13)17)14-20-15(21-24-14)16(18)7-3-4-8-16/h2,5-6,10,19H,1,3-4,7-9,18H2. The molecule has 0 radical (unpaired) electrons. The Labute approximate surface area is 145 Å². The molecule has 0 amide bonds. The first-order chi connectivity index (χ1) is 11.9. The van der Waals surface area contributed by atoms with Crippen LogP contribution in [0.4, 0.5) is 4.39 Å². The van der Waals surface area contributed by atoms with Gasteiger partial charge in [0.2, 0.25) is 10.0 Å². The van der Waals surface area contributed by atoms with Gasteiger partial charge in [-0.25, -0.2) is 17.5 Å². The van der Waals surface area contributed by atoms with Crippen molar-refractivity contribution in [1.29, 1.82) is 0 Å². The lowest BCUT2D eigenvalue weighted by Crippen LogP contribution is -2.34. The highest BCUT2D eigenvalue weighted by molar-refractivity contribution is 7.89. The van der Waals surface area contributed by atoms with E-state index in [1.165, 1.54) is 12.1 Å². The molecule has 3 rings (SSSR count). The highest BCUT2D eigenvalue weighted by Gasteiger charge is 2.36. The van der Waals surface area contributed by atoms with Gasteiger partial charge in [-0.3, -0.25) is 0 Å². The summed E-state index contributed by atoms with van der Waals surface area (Å²) >= 11 is 0. The molecule has 2 aromatic rings. The molecule has 0 bridgehead atoms. The number of benzene rings is 1. The number of hydrogen-bond donors (Lipinski definition) is 2. The summed E-state index contributed by atoms with van der Waals surface area (Å²) in [6, 6.07) is 3.60. The summed E-state index contributed by atoms with van der Waals surface area (Å²) in [6.45, 7) is 3.42. The van der Waals surface area contributed by atoms with Crippen molar-refractivity contribution in [1.82, 2.24) is 14.9 Å². The van der Waals surface area contributed by atoms with Crippen molar-refractivity contribution in [2.45, 2.75) is 36.1 Å². The van der Waals surface area contributed by atoms with Gasteiger partial charge in [0.1, 0.15) is 10.7 Å². The van der Waals surface area contributed by atoms with Gasteiger partial charge in [-0.1, -0.05) is 24.1 Å². The Kier molecular flexibility index (Phi) is 4.72. The second kappa shape index (κ2) is 6.66. The predicted octanol–water partition coefficient (Wildman–Crippen LogP) is 2.07. The molecular formula is C16H19FN4O3S.